The van der Waals surface area contributed by atoms with Crippen LogP contribution in [0.3, 0.4) is 0 Å². The number of aromatic carboxylic acids is 1. The van der Waals surface area contributed by atoms with Crippen LogP contribution in [0.5, 0.6) is 0 Å². The third-order valence-electron chi connectivity index (χ3n) is 3.85. The molecule has 1 N–H and O–H groups in total. The fourth-order valence-corrected chi connectivity index (χ4v) is 2.62. The summed E-state index contributed by atoms with van der Waals surface area (Å²) in [5.74, 6) is -1.64. The van der Waals surface area contributed by atoms with Crippen molar-refractivity contribution < 1.29 is 19.2 Å². The van der Waals surface area contributed by atoms with Gasteiger partial charge in [-0.25, -0.2) is 9.18 Å². The molecule has 1 saturated heterocycles. The van der Waals surface area contributed by atoms with Gasteiger partial charge < -0.3 is 10.0 Å². The maximum atomic E-state index is 14.1. The minimum Gasteiger partial charge on any atom is -0.477 e. The lowest BCUT2D eigenvalue weighted by molar-refractivity contribution is -0.385. The first kappa shape index (κ1) is 15.2. The first-order chi connectivity index (χ1) is 9.90. The van der Waals surface area contributed by atoms with Crippen LogP contribution in [0.4, 0.5) is 15.8 Å². The van der Waals surface area contributed by atoms with Gasteiger partial charge in [-0.3, -0.25) is 10.1 Å². The Labute approximate surface area is 121 Å². The van der Waals surface area contributed by atoms with Gasteiger partial charge in [-0.15, -0.1) is 0 Å². The molecule has 1 unspecified atom stereocenters. The molecule has 0 bridgehead atoms. The molecule has 0 aromatic heterocycles. The lowest BCUT2D eigenvalue weighted by Gasteiger charge is -2.23. The fourth-order valence-electron chi connectivity index (χ4n) is 2.62. The van der Waals surface area contributed by atoms with E-state index >= 15 is 0 Å². The van der Waals surface area contributed by atoms with Crippen molar-refractivity contribution in [2.24, 2.45) is 5.92 Å². The van der Waals surface area contributed by atoms with Crippen molar-refractivity contribution in [3.05, 3.63) is 33.6 Å². The van der Waals surface area contributed by atoms with Crippen LogP contribution in [0, 0.1) is 21.8 Å². The van der Waals surface area contributed by atoms with Gasteiger partial charge in [0.05, 0.1) is 16.7 Å². The molecule has 1 aromatic carbocycles. The second-order valence-electron chi connectivity index (χ2n) is 5.41. The zero-order valence-corrected chi connectivity index (χ0v) is 11.7. The van der Waals surface area contributed by atoms with Crippen LogP contribution in [-0.4, -0.2) is 29.1 Å². The van der Waals surface area contributed by atoms with Gasteiger partial charge in [0.25, 0.3) is 5.69 Å². The normalized spacial score (nSPS) is 19.1. The van der Waals surface area contributed by atoms with Gasteiger partial charge in [0.2, 0.25) is 0 Å². The molecule has 0 spiro atoms. The number of rotatable bonds is 3. The Morgan fingerprint density at radius 1 is 1.43 bits per heavy atom. The maximum absolute atomic E-state index is 14.1. The Morgan fingerprint density at radius 3 is 2.76 bits per heavy atom. The van der Waals surface area contributed by atoms with Crippen LogP contribution >= 0.6 is 0 Å². The second-order valence-corrected chi connectivity index (χ2v) is 5.41. The molecule has 1 aliphatic heterocycles. The third kappa shape index (κ3) is 3.29. The highest BCUT2D eigenvalue weighted by Gasteiger charge is 2.26. The number of carbonyl (C=O) groups is 1. The smallest absolute Gasteiger partial charge is 0.342 e. The van der Waals surface area contributed by atoms with Crippen molar-refractivity contribution in [1.82, 2.24) is 0 Å². The van der Waals surface area contributed by atoms with Crippen molar-refractivity contribution in [3.63, 3.8) is 0 Å². The Bertz CT molecular complexity index is 576. The average molecular weight is 296 g/mol. The number of nitrogens with zero attached hydrogens (tertiary/aromatic N) is 2. The zero-order valence-electron chi connectivity index (χ0n) is 11.7. The van der Waals surface area contributed by atoms with E-state index in [1.54, 1.807) is 4.90 Å². The minimum atomic E-state index is -1.42. The van der Waals surface area contributed by atoms with Crippen LogP contribution < -0.4 is 4.90 Å². The fraction of sp³-hybridized carbons (Fsp3) is 0.500. The predicted molar refractivity (Wildman–Crippen MR) is 75.2 cm³/mol. The highest BCUT2D eigenvalue weighted by atomic mass is 19.1. The highest BCUT2D eigenvalue weighted by molar-refractivity contribution is 5.93. The van der Waals surface area contributed by atoms with E-state index < -0.39 is 28.0 Å². The van der Waals surface area contributed by atoms with Crippen molar-refractivity contribution in [1.29, 1.82) is 0 Å². The Morgan fingerprint density at radius 2 is 2.14 bits per heavy atom. The van der Waals surface area contributed by atoms with Crippen LogP contribution in [0.1, 0.15) is 36.5 Å². The van der Waals surface area contributed by atoms with Crippen LogP contribution in [-0.2, 0) is 0 Å². The summed E-state index contributed by atoms with van der Waals surface area (Å²) in [6.07, 6.45) is 2.82. The quantitative estimate of drug-likeness (QED) is 0.684. The van der Waals surface area contributed by atoms with Gasteiger partial charge in [0, 0.05) is 13.1 Å². The molecule has 0 saturated carbocycles. The van der Waals surface area contributed by atoms with Crippen LogP contribution in [0.2, 0.25) is 0 Å². The number of hydrogen-bond donors (Lipinski definition) is 1. The molecule has 1 fully saturated rings. The van der Waals surface area contributed by atoms with Gasteiger partial charge in [-0.2, -0.15) is 0 Å². The average Bonchev–Trinajstić information content (AvgIpc) is 2.63. The van der Waals surface area contributed by atoms with Gasteiger partial charge in [0.1, 0.15) is 5.56 Å². The number of carboxylic acids is 1. The summed E-state index contributed by atoms with van der Waals surface area (Å²) in [6.45, 7) is 3.37. The van der Waals surface area contributed by atoms with E-state index in [0.717, 1.165) is 25.3 Å². The van der Waals surface area contributed by atoms with Crippen LogP contribution in [0.25, 0.3) is 0 Å². The number of nitro groups is 1. The summed E-state index contributed by atoms with van der Waals surface area (Å²) in [6, 6.07) is 1.78. The molecule has 0 amide bonds. The van der Waals surface area contributed by atoms with E-state index in [1.807, 2.05) is 0 Å². The number of carboxylic acid groups (broad SMARTS) is 1. The van der Waals surface area contributed by atoms with E-state index in [0.29, 0.717) is 25.1 Å². The van der Waals surface area contributed by atoms with Crippen molar-refractivity contribution in [3.8, 4) is 0 Å². The largest absolute Gasteiger partial charge is 0.477 e. The van der Waals surface area contributed by atoms with E-state index in [9.17, 15) is 19.3 Å². The lowest BCUT2D eigenvalue weighted by atomic mass is 10.0. The van der Waals surface area contributed by atoms with E-state index in [-0.39, 0.29) is 5.69 Å². The number of halogens is 1. The lowest BCUT2D eigenvalue weighted by Crippen LogP contribution is -2.25. The first-order valence-electron chi connectivity index (χ1n) is 6.86. The topological polar surface area (TPSA) is 83.7 Å². The number of benzene rings is 1. The van der Waals surface area contributed by atoms with Gasteiger partial charge in [0.15, 0.2) is 5.82 Å². The third-order valence-corrected chi connectivity index (χ3v) is 3.85. The van der Waals surface area contributed by atoms with Gasteiger partial charge in [-0.05, 0) is 31.2 Å². The Kier molecular flexibility index (Phi) is 4.40. The number of anilines is 1. The molecule has 7 heteroatoms. The summed E-state index contributed by atoms with van der Waals surface area (Å²) in [7, 11) is 0. The predicted octanol–water partition coefficient (Wildman–Crippen LogP) is 3.06. The summed E-state index contributed by atoms with van der Waals surface area (Å²) >= 11 is 0. The molecule has 1 heterocycles. The minimum absolute atomic E-state index is 0.132. The Hall–Kier alpha value is -2.18. The van der Waals surface area contributed by atoms with E-state index in [4.69, 9.17) is 5.11 Å². The molecular formula is C14H17FN2O4. The zero-order chi connectivity index (χ0) is 15.6. The number of hydrogen-bond acceptors (Lipinski definition) is 4. The molecular weight excluding hydrogens is 279 g/mol. The van der Waals surface area contributed by atoms with Gasteiger partial charge in [-0.1, -0.05) is 6.92 Å². The SMILES string of the molecule is CC1CCCN(c2cc(C(=O)O)c([N+](=O)[O-])cc2F)CC1. The van der Waals surface area contributed by atoms with Crippen LogP contribution in [0.15, 0.2) is 12.1 Å². The standard InChI is InChI=1S/C14H17FN2O4/c1-9-3-2-5-16(6-4-9)13-7-10(14(18)19)12(17(20)21)8-11(13)15/h7-9H,2-6H2,1H3,(H,18,19). The second kappa shape index (κ2) is 6.07. The molecule has 0 radical (unpaired) electrons. The number of nitro benzene ring substituents is 1. The molecule has 0 aliphatic carbocycles. The molecule has 114 valence electrons. The summed E-state index contributed by atoms with van der Waals surface area (Å²) < 4.78 is 14.1. The highest BCUT2D eigenvalue weighted by Crippen LogP contribution is 2.30. The first-order valence-corrected chi connectivity index (χ1v) is 6.86. The van der Waals surface area contributed by atoms with Crippen molar-refractivity contribution in [2.75, 3.05) is 18.0 Å². The Balaban J connectivity index is 2.42. The maximum Gasteiger partial charge on any atom is 0.342 e. The molecule has 2 rings (SSSR count). The molecule has 1 aromatic rings. The van der Waals surface area contributed by atoms with Gasteiger partial charge >= 0.3 is 5.97 Å². The monoisotopic (exact) mass is 296 g/mol. The summed E-state index contributed by atoms with van der Waals surface area (Å²) in [5.41, 5.74) is -1.06. The molecule has 6 nitrogen and oxygen atoms in total. The van der Waals surface area contributed by atoms with E-state index in [1.165, 1.54) is 0 Å². The summed E-state index contributed by atoms with van der Waals surface area (Å²) in [4.78, 5) is 22.9. The van der Waals surface area contributed by atoms with Crippen molar-refractivity contribution in [2.45, 2.75) is 26.2 Å². The summed E-state index contributed by atoms with van der Waals surface area (Å²) in [5, 5.41) is 19.9. The molecule has 1 aliphatic rings. The van der Waals surface area contributed by atoms with Crippen molar-refractivity contribution >= 4 is 17.3 Å². The molecule has 21 heavy (non-hydrogen) atoms. The molecule has 1 atom stereocenters. The van der Waals surface area contributed by atoms with E-state index in [2.05, 4.69) is 6.92 Å².